The Bertz CT molecular complexity index is 663. The summed E-state index contributed by atoms with van der Waals surface area (Å²) < 4.78 is 0. The molecule has 4 nitrogen and oxygen atoms in total. The molecular weight excluding hydrogens is 290 g/mol. The lowest BCUT2D eigenvalue weighted by Gasteiger charge is -2.17. The molecule has 2 atom stereocenters. The summed E-state index contributed by atoms with van der Waals surface area (Å²) in [6.45, 7) is 1.48. The summed E-state index contributed by atoms with van der Waals surface area (Å²) in [5, 5.41) is 0.645. The van der Waals surface area contributed by atoms with Crippen LogP contribution in [0.15, 0.2) is 35.4 Å². The smallest absolute Gasteiger partial charge is 0.238 e. The lowest BCUT2D eigenvalue weighted by Crippen LogP contribution is -2.30. The van der Waals surface area contributed by atoms with Crippen LogP contribution in [0.1, 0.15) is 30.1 Å². The van der Waals surface area contributed by atoms with Gasteiger partial charge >= 0.3 is 0 Å². The molecule has 1 aliphatic carbocycles. The van der Waals surface area contributed by atoms with E-state index in [1.807, 2.05) is 6.08 Å². The molecule has 1 fully saturated rings. The Kier molecular flexibility index (Phi) is 3.41. The lowest BCUT2D eigenvalue weighted by molar-refractivity contribution is -0.122. The third kappa shape index (κ3) is 2.29. The van der Waals surface area contributed by atoms with E-state index >= 15 is 0 Å². The second-order valence-corrected chi connectivity index (χ2v) is 5.90. The average molecular weight is 304 g/mol. The van der Waals surface area contributed by atoms with Crippen LogP contribution in [-0.2, 0) is 9.59 Å². The highest BCUT2D eigenvalue weighted by molar-refractivity contribution is 6.30. The van der Waals surface area contributed by atoms with Crippen molar-refractivity contribution < 1.29 is 14.4 Å². The molecule has 108 valence electrons. The first-order valence-electron chi connectivity index (χ1n) is 6.82. The number of Topliss-reactive ketones (excluding diaryl/α,β-unsaturated/α-hetero) is 1. The molecular formula is C16H14ClNO3. The van der Waals surface area contributed by atoms with Gasteiger partial charge < -0.3 is 0 Å². The number of fused-ring (bicyclic) bond motifs is 1. The van der Waals surface area contributed by atoms with Crippen molar-refractivity contribution >= 4 is 34.9 Å². The van der Waals surface area contributed by atoms with Gasteiger partial charge in [0, 0.05) is 10.6 Å². The summed E-state index contributed by atoms with van der Waals surface area (Å²) in [7, 11) is 0. The summed E-state index contributed by atoms with van der Waals surface area (Å²) in [4.78, 5) is 37.4. The molecule has 0 bridgehead atoms. The fourth-order valence-electron chi connectivity index (χ4n) is 2.93. The summed E-state index contributed by atoms with van der Waals surface area (Å²) in [5.74, 6) is -1.10. The van der Waals surface area contributed by atoms with Crippen LogP contribution in [0.5, 0.6) is 0 Å². The summed E-state index contributed by atoms with van der Waals surface area (Å²) >= 11 is 5.99. The topological polar surface area (TPSA) is 54.5 Å². The second-order valence-electron chi connectivity index (χ2n) is 5.42. The molecule has 2 aliphatic rings. The molecule has 2 amide bonds. The summed E-state index contributed by atoms with van der Waals surface area (Å²) in [6, 6.07) is 6.54. The summed E-state index contributed by atoms with van der Waals surface area (Å²) in [5.41, 5.74) is 1.07. The zero-order valence-corrected chi connectivity index (χ0v) is 12.3. The molecule has 0 saturated carbocycles. The Hall–Kier alpha value is -1.94. The van der Waals surface area contributed by atoms with E-state index in [-0.39, 0.29) is 29.4 Å². The predicted molar refractivity (Wildman–Crippen MR) is 79.1 cm³/mol. The molecule has 1 saturated heterocycles. The third-order valence-electron chi connectivity index (χ3n) is 4.10. The van der Waals surface area contributed by atoms with Crippen LogP contribution < -0.4 is 4.90 Å². The van der Waals surface area contributed by atoms with Crippen molar-refractivity contribution in [2.75, 3.05) is 4.90 Å². The van der Waals surface area contributed by atoms with E-state index in [1.54, 1.807) is 24.3 Å². The fraction of sp³-hybridized carbons (Fsp3) is 0.312. The number of benzene rings is 1. The number of rotatable bonds is 2. The van der Waals surface area contributed by atoms with Crippen molar-refractivity contribution in [3.05, 3.63) is 40.9 Å². The standard InChI is InChI=1S/C16H14ClNO3/c1-9(19)10-2-5-12(6-3-10)18-15(20)13-7-4-11(17)8-14(13)16(18)21/h2-6,13-14H,7-8H2,1H3/t13-,14+/m0/s1. The number of carbonyl (C=O) groups excluding carboxylic acids is 3. The second kappa shape index (κ2) is 5.11. The van der Waals surface area contributed by atoms with Crippen molar-refractivity contribution in [2.45, 2.75) is 19.8 Å². The van der Waals surface area contributed by atoms with Gasteiger partial charge in [-0.25, -0.2) is 0 Å². The molecule has 1 aromatic carbocycles. The number of allylic oxidation sites excluding steroid dienone is 2. The molecule has 1 aliphatic heterocycles. The van der Waals surface area contributed by atoms with Gasteiger partial charge in [0.05, 0.1) is 17.5 Å². The Labute approximate surface area is 127 Å². The first-order chi connectivity index (χ1) is 9.99. The first kappa shape index (κ1) is 14.0. The predicted octanol–water partition coefficient (Wildman–Crippen LogP) is 2.91. The maximum Gasteiger partial charge on any atom is 0.238 e. The van der Waals surface area contributed by atoms with Crippen LogP contribution in [-0.4, -0.2) is 17.6 Å². The number of carbonyl (C=O) groups is 3. The minimum Gasteiger partial charge on any atom is -0.295 e. The Morgan fingerprint density at radius 3 is 2.38 bits per heavy atom. The molecule has 0 N–H and O–H groups in total. The Morgan fingerprint density at radius 2 is 1.76 bits per heavy atom. The van der Waals surface area contributed by atoms with Crippen LogP contribution >= 0.6 is 11.6 Å². The SMILES string of the molecule is CC(=O)c1ccc(N2C(=O)[C@H]3CC=C(Cl)C[C@H]3C2=O)cc1. The van der Waals surface area contributed by atoms with Crippen LogP contribution in [0, 0.1) is 11.8 Å². The van der Waals surface area contributed by atoms with Crippen molar-refractivity contribution in [1.82, 2.24) is 0 Å². The van der Waals surface area contributed by atoms with Crippen molar-refractivity contribution in [1.29, 1.82) is 0 Å². The van der Waals surface area contributed by atoms with Gasteiger partial charge in [-0.1, -0.05) is 17.7 Å². The number of anilines is 1. The monoisotopic (exact) mass is 303 g/mol. The number of amides is 2. The normalized spacial score (nSPS) is 24.9. The summed E-state index contributed by atoms with van der Waals surface area (Å²) in [6.07, 6.45) is 2.76. The number of hydrogen-bond donors (Lipinski definition) is 0. The molecule has 21 heavy (non-hydrogen) atoms. The van der Waals surface area contributed by atoms with Crippen LogP contribution in [0.25, 0.3) is 0 Å². The third-order valence-corrected chi connectivity index (χ3v) is 4.41. The first-order valence-corrected chi connectivity index (χ1v) is 7.20. The zero-order valence-electron chi connectivity index (χ0n) is 11.5. The highest BCUT2D eigenvalue weighted by Crippen LogP contribution is 2.40. The van der Waals surface area contributed by atoms with Gasteiger partial charge in [0.15, 0.2) is 5.78 Å². The van der Waals surface area contributed by atoms with E-state index < -0.39 is 0 Å². The molecule has 0 aromatic heterocycles. The molecule has 0 radical (unpaired) electrons. The Morgan fingerprint density at radius 1 is 1.14 bits per heavy atom. The van der Waals surface area contributed by atoms with E-state index in [0.29, 0.717) is 29.1 Å². The van der Waals surface area contributed by atoms with E-state index in [1.165, 1.54) is 11.8 Å². The Balaban J connectivity index is 1.91. The van der Waals surface area contributed by atoms with Crippen molar-refractivity contribution in [3.8, 4) is 0 Å². The lowest BCUT2D eigenvalue weighted by atomic mass is 9.85. The average Bonchev–Trinajstić information content (AvgIpc) is 2.70. The van der Waals surface area contributed by atoms with Crippen molar-refractivity contribution in [2.24, 2.45) is 11.8 Å². The zero-order chi connectivity index (χ0) is 15.1. The molecule has 0 unspecified atom stereocenters. The largest absolute Gasteiger partial charge is 0.295 e. The van der Waals surface area contributed by atoms with E-state index in [4.69, 9.17) is 11.6 Å². The van der Waals surface area contributed by atoms with Gasteiger partial charge in [0.1, 0.15) is 0 Å². The maximum atomic E-state index is 12.5. The van der Waals surface area contributed by atoms with Crippen molar-refractivity contribution in [3.63, 3.8) is 0 Å². The molecule has 1 aromatic rings. The fourth-order valence-corrected chi connectivity index (χ4v) is 3.18. The molecule has 1 heterocycles. The number of hydrogen-bond acceptors (Lipinski definition) is 3. The number of imide groups is 1. The number of ketones is 1. The molecule has 5 heteroatoms. The highest BCUT2D eigenvalue weighted by Gasteiger charge is 2.48. The number of nitrogens with zero attached hydrogens (tertiary/aromatic N) is 1. The molecule has 0 spiro atoms. The minimum atomic E-state index is -0.359. The van der Waals surface area contributed by atoms with Gasteiger partial charge in [0.25, 0.3) is 0 Å². The van der Waals surface area contributed by atoms with Crippen LogP contribution in [0.2, 0.25) is 0 Å². The number of halogens is 1. The van der Waals surface area contributed by atoms with E-state index in [9.17, 15) is 14.4 Å². The highest BCUT2D eigenvalue weighted by atomic mass is 35.5. The van der Waals surface area contributed by atoms with Crippen LogP contribution in [0.3, 0.4) is 0 Å². The van der Waals surface area contributed by atoms with E-state index in [2.05, 4.69) is 0 Å². The van der Waals surface area contributed by atoms with Gasteiger partial charge in [0.2, 0.25) is 11.8 Å². The van der Waals surface area contributed by atoms with E-state index in [0.717, 1.165) is 0 Å². The quantitative estimate of drug-likeness (QED) is 0.623. The van der Waals surface area contributed by atoms with Gasteiger partial charge in [-0.15, -0.1) is 0 Å². The van der Waals surface area contributed by atoms with Gasteiger partial charge in [-0.3, -0.25) is 19.3 Å². The van der Waals surface area contributed by atoms with Crippen LogP contribution in [0.4, 0.5) is 5.69 Å². The van der Waals surface area contributed by atoms with Gasteiger partial charge in [-0.2, -0.15) is 0 Å². The van der Waals surface area contributed by atoms with Gasteiger partial charge in [-0.05, 0) is 44.0 Å². The maximum absolute atomic E-state index is 12.5. The molecule has 3 rings (SSSR count). The minimum absolute atomic E-state index is 0.0507.